The third-order valence-electron chi connectivity index (χ3n) is 6.17. The maximum atomic E-state index is 12.6. The zero-order valence-corrected chi connectivity index (χ0v) is 26.4. The summed E-state index contributed by atoms with van der Waals surface area (Å²) in [4.78, 5) is 39.4. The van der Waals surface area contributed by atoms with Gasteiger partial charge in [0, 0.05) is 64.1 Å². The summed E-state index contributed by atoms with van der Waals surface area (Å²) in [5.41, 5.74) is -0.0481. The molecule has 0 fully saturated rings. The van der Waals surface area contributed by atoms with E-state index in [0.29, 0.717) is 50.6 Å². The zero-order chi connectivity index (χ0) is 26.4. The van der Waals surface area contributed by atoms with Crippen molar-refractivity contribution in [2.24, 2.45) is 5.41 Å². The van der Waals surface area contributed by atoms with Crippen LogP contribution in [0.1, 0.15) is 86.5 Å². The maximum Gasteiger partial charge on any atom is 0.223 e. The number of hydrogen-bond acceptors (Lipinski definition) is 6. The summed E-state index contributed by atoms with van der Waals surface area (Å²) in [5, 5.41) is 0.398. The monoisotopic (exact) mass is 630 g/mol. The van der Waals surface area contributed by atoms with Crippen LogP contribution in [0.25, 0.3) is 0 Å². The van der Waals surface area contributed by atoms with Crippen LogP contribution in [0.4, 0.5) is 0 Å². The van der Waals surface area contributed by atoms with E-state index in [-0.39, 0.29) is 26.6 Å². The van der Waals surface area contributed by atoms with Gasteiger partial charge in [0.1, 0.15) is 0 Å². The van der Waals surface area contributed by atoms with Crippen LogP contribution in [0.5, 0.6) is 0 Å². The smallest absolute Gasteiger partial charge is 0.223 e. The summed E-state index contributed by atoms with van der Waals surface area (Å²) in [7, 11) is 7.01. The number of carbonyl (C=O) groups is 3. The van der Waals surface area contributed by atoms with Crippen molar-refractivity contribution >= 4 is 59.8 Å². The van der Waals surface area contributed by atoms with E-state index in [1.165, 1.54) is 0 Å². The van der Waals surface area contributed by atoms with E-state index in [1.807, 2.05) is 36.4 Å². The van der Waals surface area contributed by atoms with Gasteiger partial charge in [0.15, 0.2) is 3.79 Å². The molecule has 0 saturated heterocycles. The Morgan fingerprint density at radius 3 is 2.03 bits per heavy atom. The lowest BCUT2D eigenvalue weighted by molar-refractivity contribution is -0.134. The molecule has 0 heterocycles. The zero-order valence-electron chi connectivity index (χ0n) is 22.6. The molecule has 1 unspecified atom stereocenters. The van der Waals surface area contributed by atoms with E-state index >= 15 is 0 Å². The summed E-state index contributed by atoms with van der Waals surface area (Å²) < 4.78 is 6.26. The molecule has 0 spiro atoms. The van der Waals surface area contributed by atoms with E-state index in [1.54, 1.807) is 45.5 Å². The quantitative estimate of drug-likeness (QED) is 0.0733. The highest BCUT2D eigenvalue weighted by Gasteiger charge is 2.23. The van der Waals surface area contributed by atoms with Crippen LogP contribution in [0.15, 0.2) is 0 Å². The minimum Gasteiger partial charge on any atom is -0.376 e. The van der Waals surface area contributed by atoms with Gasteiger partial charge in [-0.25, -0.2) is 0 Å². The van der Waals surface area contributed by atoms with Crippen molar-refractivity contribution in [3.8, 4) is 0 Å². The van der Waals surface area contributed by atoms with Crippen molar-refractivity contribution in [1.29, 1.82) is 0 Å². The normalized spacial score (nSPS) is 13.0. The lowest BCUT2D eigenvalue weighted by atomic mass is 9.87. The van der Waals surface area contributed by atoms with Gasteiger partial charge in [-0.1, -0.05) is 55.7 Å². The highest BCUT2D eigenvalue weighted by Crippen LogP contribution is 2.30. The maximum absolute atomic E-state index is 12.6. The molecule has 0 aliphatic heterocycles. The van der Waals surface area contributed by atoms with Gasteiger partial charge in [0.05, 0.1) is 5.60 Å². The van der Waals surface area contributed by atoms with Crippen LogP contribution in [0.2, 0.25) is 0 Å². The first-order valence-electron chi connectivity index (χ1n) is 12.3. The standard InChI is InChI=1S/C25H47IN2O4S2/c1-9-24(3,4)15-18-32-25(5,6)14-12-22(30)27(7)16-17-28(8)23(31)13-19-33-34-20(2)10-11-21(26)29/h20H,9-19H2,1-8H3. The molecule has 9 heteroatoms. The average molecular weight is 631 g/mol. The fraction of sp³-hybridized carbons (Fsp3) is 0.880. The molecule has 0 aromatic rings. The van der Waals surface area contributed by atoms with Gasteiger partial charge in [-0.15, -0.1) is 0 Å². The Morgan fingerprint density at radius 2 is 1.50 bits per heavy atom. The van der Waals surface area contributed by atoms with Gasteiger partial charge < -0.3 is 14.5 Å². The Kier molecular flexibility index (Phi) is 17.5. The molecule has 34 heavy (non-hydrogen) atoms. The van der Waals surface area contributed by atoms with E-state index in [9.17, 15) is 14.4 Å². The molecule has 0 N–H and O–H groups in total. The van der Waals surface area contributed by atoms with Crippen molar-refractivity contribution in [2.45, 2.75) is 97.3 Å². The van der Waals surface area contributed by atoms with Gasteiger partial charge in [-0.05, 0) is 61.1 Å². The summed E-state index contributed by atoms with van der Waals surface area (Å²) in [6, 6.07) is 0. The number of ether oxygens (including phenoxy) is 1. The van der Waals surface area contributed by atoms with E-state index in [2.05, 4.69) is 27.7 Å². The second-order valence-corrected chi connectivity index (χ2v) is 14.5. The molecule has 2 amide bonds. The fourth-order valence-electron chi connectivity index (χ4n) is 2.85. The summed E-state index contributed by atoms with van der Waals surface area (Å²) in [6.45, 7) is 14.7. The van der Waals surface area contributed by atoms with Crippen molar-refractivity contribution in [3.63, 3.8) is 0 Å². The number of amides is 2. The molecule has 0 saturated carbocycles. The second-order valence-electron chi connectivity index (χ2n) is 10.4. The first-order chi connectivity index (χ1) is 15.7. The number of halogens is 1. The largest absolute Gasteiger partial charge is 0.376 e. The Morgan fingerprint density at radius 1 is 0.941 bits per heavy atom. The lowest BCUT2D eigenvalue weighted by Crippen LogP contribution is -2.38. The minimum atomic E-state index is -0.327. The van der Waals surface area contributed by atoms with Gasteiger partial charge in [-0.2, -0.15) is 0 Å². The Bertz CT molecular complexity index is 632. The van der Waals surface area contributed by atoms with Gasteiger partial charge in [0.25, 0.3) is 0 Å². The molecule has 0 aromatic carbocycles. The van der Waals surface area contributed by atoms with Gasteiger partial charge >= 0.3 is 0 Å². The third kappa shape index (κ3) is 17.4. The molecule has 0 aliphatic rings. The lowest BCUT2D eigenvalue weighted by Gasteiger charge is -2.29. The minimum absolute atomic E-state index is 0.0809. The molecule has 0 rings (SSSR count). The van der Waals surface area contributed by atoms with E-state index < -0.39 is 0 Å². The number of hydrogen-bond donors (Lipinski definition) is 0. The van der Waals surface area contributed by atoms with Gasteiger partial charge in [-0.3, -0.25) is 14.4 Å². The first kappa shape index (κ1) is 34.0. The van der Waals surface area contributed by atoms with Crippen molar-refractivity contribution in [2.75, 3.05) is 39.5 Å². The van der Waals surface area contributed by atoms with Crippen molar-refractivity contribution < 1.29 is 19.1 Å². The Balaban J connectivity index is 4.13. The molecule has 1 atom stereocenters. The van der Waals surface area contributed by atoms with Gasteiger partial charge in [0.2, 0.25) is 11.8 Å². The molecule has 0 aromatic heterocycles. The topological polar surface area (TPSA) is 66.9 Å². The number of likely N-dealkylation sites (N-methyl/N-ethyl adjacent to an activating group) is 2. The molecular formula is C25H47IN2O4S2. The molecular weight excluding hydrogens is 583 g/mol. The third-order valence-corrected chi connectivity index (χ3v) is 9.68. The second kappa shape index (κ2) is 17.5. The highest BCUT2D eigenvalue weighted by molar-refractivity contribution is 14.1. The number of carbonyl (C=O) groups excluding carboxylic acids is 3. The van der Waals surface area contributed by atoms with Crippen molar-refractivity contribution in [3.05, 3.63) is 0 Å². The molecule has 6 nitrogen and oxygen atoms in total. The Labute approximate surface area is 230 Å². The van der Waals surface area contributed by atoms with E-state index in [0.717, 1.165) is 25.0 Å². The molecule has 0 aliphatic carbocycles. The SMILES string of the molecule is CCC(C)(C)CCOC(C)(C)CCC(=O)N(C)CCN(C)C(=O)CCSSC(C)CCC(=O)I. The highest BCUT2D eigenvalue weighted by atomic mass is 127. The van der Waals surface area contributed by atoms with Crippen LogP contribution in [0.3, 0.4) is 0 Å². The Hall–Kier alpha value is -0.000000000000000222. The van der Waals surface area contributed by atoms with Crippen LogP contribution >= 0.6 is 44.2 Å². The van der Waals surface area contributed by atoms with Crippen LogP contribution in [0, 0.1) is 5.41 Å². The van der Waals surface area contributed by atoms with Crippen LogP contribution in [-0.4, -0.2) is 75.8 Å². The van der Waals surface area contributed by atoms with Crippen LogP contribution in [-0.2, 0) is 19.1 Å². The molecule has 0 bridgehead atoms. The predicted octanol–water partition coefficient (Wildman–Crippen LogP) is 6.21. The van der Waals surface area contributed by atoms with Crippen molar-refractivity contribution in [1.82, 2.24) is 9.80 Å². The first-order valence-corrected chi connectivity index (χ1v) is 15.7. The summed E-state index contributed by atoms with van der Waals surface area (Å²) in [6.07, 6.45) is 5.19. The average Bonchev–Trinajstić information content (AvgIpc) is 2.76. The predicted molar refractivity (Wildman–Crippen MR) is 156 cm³/mol. The number of rotatable bonds is 19. The van der Waals surface area contributed by atoms with E-state index in [4.69, 9.17) is 4.74 Å². The summed E-state index contributed by atoms with van der Waals surface area (Å²) in [5.74, 6) is 0.918. The number of nitrogens with zero attached hydrogens (tertiary/aromatic N) is 2. The van der Waals surface area contributed by atoms with Crippen LogP contribution < -0.4 is 0 Å². The molecule has 0 radical (unpaired) electrons. The fourth-order valence-corrected chi connectivity index (χ4v) is 5.49. The molecule has 200 valence electrons. The summed E-state index contributed by atoms with van der Waals surface area (Å²) >= 11 is 1.83.